The second-order valence-electron chi connectivity index (χ2n) is 5.62. The van der Waals surface area contributed by atoms with Crippen LogP contribution >= 0.6 is 0 Å². The SMILES string of the molecule is O=c1c2cnc3c(c2[nH]n1-c1ccccc1)CCCCC3. The maximum absolute atomic E-state index is 12.6. The van der Waals surface area contributed by atoms with E-state index in [4.69, 9.17) is 0 Å². The average molecular weight is 279 g/mol. The van der Waals surface area contributed by atoms with Gasteiger partial charge in [-0.05, 0) is 43.4 Å². The first-order valence-electron chi connectivity index (χ1n) is 7.51. The number of hydrogen-bond donors (Lipinski definition) is 1. The van der Waals surface area contributed by atoms with Crippen LogP contribution in [0.2, 0.25) is 0 Å². The summed E-state index contributed by atoms with van der Waals surface area (Å²) in [6.07, 6.45) is 7.36. The molecule has 4 rings (SSSR count). The summed E-state index contributed by atoms with van der Waals surface area (Å²) in [7, 11) is 0. The number of benzene rings is 1. The predicted octanol–water partition coefficient (Wildman–Crippen LogP) is 2.98. The molecule has 0 fully saturated rings. The van der Waals surface area contributed by atoms with Crippen molar-refractivity contribution in [2.45, 2.75) is 32.1 Å². The fraction of sp³-hybridized carbons (Fsp3) is 0.294. The van der Waals surface area contributed by atoms with Crippen molar-refractivity contribution in [3.63, 3.8) is 0 Å². The number of pyridine rings is 1. The molecular weight excluding hydrogens is 262 g/mol. The van der Waals surface area contributed by atoms with Crippen LogP contribution in [0.5, 0.6) is 0 Å². The van der Waals surface area contributed by atoms with Gasteiger partial charge in [0, 0.05) is 11.9 Å². The molecule has 1 aliphatic carbocycles. The van der Waals surface area contributed by atoms with E-state index in [1.165, 1.54) is 24.8 Å². The number of fused-ring (bicyclic) bond motifs is 3. The number of rotatable bonds is 1. The van der Waals surface area contributed by atoms with Crippen LogP contribution in [0.1, 0.15) is 30.5 Å². The molecule has 0 saturated heterocycles. The first kappa shape index (κ1) is 12.4. The number of aromatic amines is 1. The smallest absolute Gasteiger partial charge is 0.280 e. The van der Waals surface area contributed by atoms with E-state index < -0.39 is 0 Å². The number of nitrogens with zero attached hydrogens (tertiary/aromatic N) is 2. The van der Waals surface area contributed by atoms with E-state index >= 15 is 0 Å². The zero-order valence-electron chi connectivity index (χ0n) is 11.8. The number of nitrogens with one attached hydrogen (secondary N) is 1. The Kier molecular flexibility index (Phi) is 2.88. The summed E-state index contributed by atoms with van der Waals surface area (Å²) in [6, 6.07) is 9.69. The highest BCUT2D eigenvalue weighted by Gasteiger charge is 2.17. The van der Waals surface area contributed by atoms with Crippen LogP contribution in [0.15, 0.2) is 41.3 Å². The van der Waals surface area contributed by atoms with Crippen LogP contribution in [0, 0.1) is 0 Å². The molecule has 2 heterocycles. The topological polar surface area (TPSA) is 50.7 Å². The monoisotopic (exact) mass is 279 g/mol. The molecule has 0 bridgehead atoms. The van der Waals surface area contributed by atoms with Gasteiger partial charge in [-0.2, -0.15) is 0 Å². The van der Waals surface area contributed by atoms with Crippen LogP contribution in [0.4, 0.5) is 0 Å². The van der Waals surface area contributed by atoms with E-state index in [9.17, 15) is 4.79 Å². The van der Waals surface area contributed by atoms with Crippen molar-refractivity contribution in [3.8, 4) is 5.69 Å². The van der Waals surface area contributed by atoms with Gasteiger partial charge in [-0.3, -0.25) is 14.9 Å². The number of aryl methyl sites for hydroxylation is 2. The van der Waals surface area contributed by atoms with Gasteiger partial charge in [-0.15, -0.1) is 0 Å². The van der Waals surface area contributed by atoms with E-state index in [2.05, 4.69) is 10.1 Å². The summed E-state index contributed by atoms with van der Waals surface area (Å²) < 4.78 is 1.62. The number of aromatic nitrogens is 3. The van der Waals surface area contributed by atoms with Gasteiger partial charge < -0.3 is 0 Å². The number of para-hydroxylation sites is 1. The number of hydrogen-bond acceptors (Lipinski definition) is 2. The zero-order valence-corrected chi connectivity index (χ0v) is 11.8. The van der Waals surface area contributed by atoms with Crippen LogP contribution in [-0.2, 0) is 12.8 Å². The molecule has 0 saturated carbocycles. The summed E-state index contributed by atoms with van der Waals surface area (Å²) in [4.78, 5) is 17.1. The third kappa shape index (κ3) is 1.98. The third-order valence-electron chi connectivity index (χ3n) is 4.28. The summed E-state index contributed by atoms with van der Waals surface area (Å²) >= 11 is 0. The Morgan fingerprint density at radius 1 is 1.05 bits per heavy atom. The van der Waals surface area contributed by atoms with Gasteiger partial charge in [0.25, 0.3) is 5.56 Å². The van der Waals surface area contributed by atoms with Gasteiger partial charge in [0.2, 0.25) is 0 Å². The molecule has 4 heteroatoms. The minimum Gasteiger partial charge on any atom is -0.290 e. The largest absolute Gasteiger partial charge is 0.290 e. The van der Waals surface area contributed by atoms with E-state index in [1.807, 2.05) is 30.3 Å². The second kappa shape index (κ2) is 4.88. The second-order valence-corrected chi connectivity index (χ2v) is 5.62. The Morgan fingerprint density at radius 2 is 1.86 bits per heavy atom. The van der Waals surface area contributed by atoms with Gasteiger partial charge in [-0.1, -0.05) is 24.6 Å². The molecule has 1 N–H and O–H groups in total. The lowest BCUT2D eigenvalue weighted by Gasteiger charge is -2.05. The molecule has 1 aromatic carbocycles. The Balaban J connectivity index is 1.98. The first-order valence-corrected chi connectivity index (χ1v) is 7.51. The lowest BCUT2D eigenvalue weighted by atomic mass is 10.1. The molecule has 0 aliphatic heterocycles. The van der Waals surface area contributed by atoms with Crippen molar-refractivity contribution in [2.24, 2.45) is 0 Å². The molecule has 3 aromatic rings. The van der Waals surface area contributed by atoms with E-state index in [1.54, 1.807) is 10.9 Å². The molecule has 106 valence electrons. The fourth-order valence-corrected chi connectivity index (χ4v) is 3.18. The summed E-state index contributed by atoms with van der Waals surface area (Å²) in [5.74, 6) is 0. The molecule has 0 amide bonds. The van der Waals surface area contributed by atoms with Gasteiger partial charge >= 0.3 is 0 Å². The van der Waals surface area contributed by atoms with Gasteiger partial charge in [0.05, 0.1) is 16.6 Å². The van der Waals surface area contributed by atoms with E-state index in [0.717, 1.165) is 29.7 Å². The minimum absolute atomic E-state index is 0.0178. The molecule has 0 atom stereocenters. The lowest BCUT2D eigenvalue weighted by molar-refractivity contribution is 0.708. The highest BCUT2D eigenvalue weighted by atomic mass is 16.1. The summed E-state index contributed by atoms with van der Waals surface area (Å²) in [5.41, 5.74) is 4.20. The van der Waals surface area contributed by atoms with E-state index in [0.29, 0.717) is 5.39 Å². The standard InChI is InChI=1S/C17H17N3O/c21-17-14-11-18-15-10-6-2-5-9-13(15)16(14)19-20(17)12-7-3-1-4-8-12/h1,3-4,7-8,11,19H,2,5-6,9-10H2. The Morgan fingerprint density at radius 3 is 2.71 bits per heavy atom. The van der Waals surface area contributed by atoms with Gasteiger partial charge in [-0.25, -0.2) is 4.68 Å². The summed E-state index contributed by atoms with van der Waals surface area (Å²) in [5, 5.41) is 3.99. The van der Waals surface area contributed by atoms with Crippen LogP contribution in [0.3, 0.4) is 0 Å². The highest BCUT2D eigenvalue weighted by Crippen LogP contribution is 2.24. The molecular formula is C17H17N3O. The maximum atomic E-state index is 12.6. The van der Waals surface area contributed by atoms with Crippen molar-refractivity contribution in [3.05, 3.63) is 58.1 Å². The Hall–Kier alpha value is -2.36. The van der Waals surface area contributed by atoms with Crippen molar-refractivity contribution in [1.29, 1.82) is 0 Å². The fourth-order valence-electron chi connectivity index (χ4n) is 3.18. The molecule has 4 nitrogen and oxygen atoms in total. The third-order valence-corrected chi connectivity index (χ3v) is 4.28. The highest BCUT2D eigenvalue weighted by molar-refractivity contribution is 5.81. The molecule has 2 aromatic heterocycles. The lowest BCUT2D eigenvalue weighted by Crippen LogP contribution is -2.13. The van der Waals surface area contributed by atoms with E-state index in [-0.39, 0.29) is 5.56 Å². The zero-order chi connectivity index (χ0) is 14.2. The van der Waals surface area contributed by atoms with Crippen molar-refractivity contribution < 1.29 is 0 Å². The van der Waals surface area contributed by atoms with Crippen molar-refractivity contribution >= 4 is 10.9 Å². The first-order chi connectivity index (χ1) is 10.3. The molecule has 0 radical (unpaired) electrons. The molecule has 0 spiro atoms. The number of H-pyrrole nitrogens is 1. The molecule has 21 heavy (non-hydrogen) atoms. The van der Waals surface area contributed by atoms with Crippen LogP contribution < -0.4 is 5.56 Å². The minimum atomic E-state index is -0.0178. The normalized spacial score (nSPS) is 14.9. The maximum Gasteiger partial charge on any atom is 0.280 e. The summed E-state index contributed by atoms with van der Waals surface area (Å²) in [6.45, 7) is 0. The van der Waals surface area contributed by atoms with Crippen LogP contribution in [0.25, 0.3) is 16.6 Å². The molecule has 1 aliphatic rings. The average Bonchev–Trinajstić information content (AvgIpc) is 2.72. The van der Waals surface area contributed by atoms with Crippen molar-refractivity contribution in [2.75, 3.05) is 0 Å². The van der Waals surface area contributed by atoms with Gasteiger partial charge in [0.15, 0.2) is 0 Å². The Labute approximate surface area is 122 Å². The predicted molar refractivity (Wildman–Crippen MR) is 82.9 cm³/mol. The quantitative estimate of drug-likeness (QED) is 0.696. The van der Waals surface area contributed by atoms with Gasteiger partial charge in [0.1, 0.15) is 0 Å². The van der Waals surface area contributed by atoms with Crippen molar-refractivity contribution in [1.82, 2.24) is 14.8 Å². The Bertz CT molecular complexity index is 846. The van der Waals surface area contributed by atoms with Crippen LogP contribution in [-0.4, -0.2) is 14.8 Å². The molecule has 0 unspecified atom stereocenters.